The van der Waals surface area contributed by atoms with Crippen molar-refractivity contribution in [3.8, 4) is 0 Å². The molecule has 0 spiro atoms. The second-order valence-electron chi connectivity index (χ2n) is 8.35. The van der Waals surface area contributed by atoms with Gasteiger partial charge in [-0.15, -0.1) is 0 Å². The van der Waals surface area contributed by atoms with Gasteiger partial charge in [-0.25, -0.2) is 0 Å². The Hall–Kier alpha value is -2.51. The minimum Gasteiger partial charge on any atom is -0.469 e. The van der Waals surface area contributed by atoms with Crippen LogP contribution >= 0.6 is 0 Å². The van der Waals surface area contributed by atoms with Gasteiger partial charge in [-0.2, -0.15) is 0 Å². The molecule has 1 aliphatic rings. The molecule has 1 aliphatic heterocycles. The fourth-order valence-electron chi connectivity index (χ4n) is 3.94. The average molecular weight is 442 g/mol. The second-order valence-corrected chi connectivity index (χ2v) is 8.35. The molecular formula is C25H39N5O2. The lowest BCUT2D eigenvalue weighted by molar-refractivity contribution is 0.128. The third kappa shape index (κ3) is 8.55. The summed E-state index contributed by atoms with van der Waals surface area (Å²) in [6.45, 7) is 6.59. The van der Waals surface area contributed by atoms with Crippen LogP contribution in [0.5, 0.6) is 0 Å². The summed E-state index contributed by atoms with van der Waals surface area (Å²) in [6, 6.07) is 14.9. The summed E-state index contributed by atoms with van der Waals surface area (Å²) in [5, 5.41) is 7.17. The van der Waals surface area contributed by atoms with Crippen molar-refractivity contribution in [2.24, 2.45) is 4.99 Å². The number of furan rings is 1. The number of guanidine groups is 1. The zero-order chi connectivity index (χ0) is 22.4. The van der Waals surface area contributed by atoms with Gasteiger partial charge in [0, 0.05) is 71.6 Å². The Bertz CT molecular complexity index is 758. The molecule has 0 aliphatic carbocycles. The molecule has 2 heterocycles. The van der Waals surface area contributed by atoms with E-state index in [9.17, 15) is 0 Å². The Morgan fingerprint density at radius 3 is 2.72 bits per heavy atom. The van der Waals surface area contributed by atoms with Crippen molar-refractivity contribution in [1.82, 2.24) is 15.5 Å². The maximum absolute atomic E-state index is 5.45. The zero-order valence-corrected chi connectivity index (χ0v) is 19.6. The van der Waals surface area contributed by atoms with Crippen LogP contribution in [0.3, 0.4) is 0 Å². The van der Waals surface area contributed by atoms with Crippen molar-refractivity contribution < 1.29 is 9.15 Å². The molecule has 1 aromatic carbocycles. The number of hydrogen-bond acceptors (Lipinski definition) is 5. The van der Waals surface area contributed by atoms with Crippen molar-refractivity contribution in [3.63, 3.8) is 0 Å². The third-order valence-electron chi connectivity index (χ3n) is 5.90. The Balaban J connectivity index is 1.46. The van der Waals surface area contributed by atoms with E-state index in [0.717, 1.165) is 83.3 Å². The Morgan fingerprint density at radius 1 is 1.19 bits per heavy atom. The highest BCUT2D eigenvalue weighted by molar-refractivity contribution is 5.80. The molecule has 0 amide bonds. The number of aliphatic imine (C=N–C) groups is 1. The minimum atomic E-state index is 0.454. The van der Waals surface area contributed by atoms with Gasteiger partial charge in [-0.3, -0.25) is 4.99 Å². The molecule has 0 bridgehead atoms. The van der Waals surface area contributed by atoms with Gasteiger partial charge in [0.25, 0.3) is 0 Å². The first-order valence-electron chi connectivity index (χ1n) is 11.8. The van der Waals surface area contributed by atoms with Crippen molar-refractivity contribution in [1.29, 1.82) is 0 Å². The fraction of sp³-hybridized carbons (Fsp3) is 0.560. The van der Waals surface area contributed by atoms with Crippen LogP contribution in [0.2, 0.25) is 0 Å². The Morgan fingerprint density at radius 2 is 2.00 bits per heavy atom. The molecule has 7 heteroatoms. The van der Waals surface area contributed by atoms with Crippen molar-refractivity contribution in [2.45, 2.75) is 31.7 Å². The summed E-state index contributed by atoms with van der Waals surface area (Å²) < 4.78 is 10.7. The number of hydrogen-bond donors (Lipinski definition) is 2. The predicted octanol–water partition coefficient (Wildman–Crippen LogP) is 2.99. The van der Waals surface area contributed by atoms with Crippen LogP contribution in [0.15, 0.2) is 58.1 Å². The molecule has 1 saturated heterocycles. The number of piperidine rings is 1. The first kappa shape index (κ1) is 24.1. The van der Waals surface area contributed by atoms with Gasteiger partial charge < -0.3 is 29.6 Å². The molecule has 0 saturated carbocycles. The van der Waals surface area contributed by atoms with Gasteiger partial charge in [-0.1, -0.05) is 18.2 Å². The van der Waals surface area contributed by atoms with Crippen LogP contribution in [0, 0.1) is 0 Å². The number of likely N-dealkylation sites (tertiary alicyclic amines) is 1. The molecule has 0 unspecified atom stereocenters. The second kappa shape index (κ2) is 13.8. The number of para-hydroxylation sites is 1. The highest BCUT2D eigenvalue weighted by Gasteiger charge is 2.19. The lowest BCUT2D eigenvalue weighted by Gasteiger charge is -2.33. The van der Waals surface area contributed by atoms with E-state index in [1.165, 1.54) is 5.69 Å². The largest absolute Gasteiger partial charge is 0.469 e. The lowest BCUT2D eigenvalue weighted by atomic mass is 10.1. The van der Waals surface area contributed by atoms with Gasteiger partial charge in [0.05, 0.1) is 12.9 Å². The lowest BCUT2D eigenvalue weighted by Crippen LogP contribution is -2.49. The maximum atomic E-state index is 5.45. The van der Waals surface area contributed by atoms with Gasteiger partial charge in [0.1, 0.15) is 5.76 Å². The van der Waals surface area contributed by atoms with E-state index < -0.39 is 0 Å². The highest BCUT2D eigenvalue weighted by Crippen LogP contribution is 2.12. The summed E-state index contributed by atoms with van der Waals surface area (Å²) in [5.74, 6) is 1.90. The molecule has 7 nitrogen and oxygen atoms in total. The summed E-state index contributed by atoms with van der Waals surface area (Å²) in [7, 11) is 3.90. The monoisotopic (exact) mass is 441 g/mol. The van der Waals surface area contributed by atoms with Gasteiger partial charge >= 0.3 is 0 Å². The molecule has 0 atom stereocenters. The summed E-state index contributed by atoms with van der Waals surface area (Å²) in [4.78, 5) is 9.63. The minimum absolute atomic E-state index is 0.454. The SMILES string of the molecule is COCCN1CCC(NC(=NCCCN(C)c2ccccc2)NCCc2ccco2)CC1. The van der Waals surface area contributed by atoms with Crippen LogP contribution < -0.4 is 15.5 Å². The molecule has 1 fully saturated rings. The Labute approximate surface area is 192 Å². The molecule has 2 N–H and O–H groups in total. The van der Waals surface area contributed by atoms with E-state index in [0.29, 0.717) is 6.04 Å². The fourth-order valence-corrected chi connectivity index (χ4v) is 3.94. The molecular weight excluding hydrogens is 402 g/mol. The van der Waals surface area contributed by atoms with E-state index in [2.05, 4.69) is 57.8 Å². The number of ether oxygens (including phenoxy) is 1. The predicted molar refractivity (Wildman–Crippen MR) is 132 cm³/mol. The maximum Gasteiger partial charge on any atom is 0.191 e. The van der Waals surface area contributed by atoms with Gasteiger partial charge in [0.2, 0.25) is 0 Å². The van der Waals surface area contributed by atoms with E-state index >= 15 is 0 Å². The number of rotatable bonds is 12. The molecule has 3 rings (SSSR count). The van der Waals surface area contributed by atoms with Crippen LogP contribution in [-0.2, 0) is 11.2 Å². The Kier molecular flexibility index (Phi) is 10.4. The first-order chi connectivity index (χ1) is 15.7. The quantitative estimate of drug-likeness (QED) is 0.300. The number of methoxy groups -OCH3 is 1. The van der Waals surface area contributed by atoms with Gasteiger partial charge in [0.15, 0.2) is 5.96 Å². The topological polar surface area (TPSA) is 65.3 Å². The van der Waals surface area contributed by atoms with E-state index in [4.69, 9.17) is 14.1 Å². The van der Waals surface area contributed by atoms with Crippen LogP contribution in [0.4, 0.5) is 5.69 Å². The molecule has 176 valence electrons. The molecule has 32 heavy (non-hydrogen) atoms. The third-order valence-corrected chi connectivity index (χ3v) is 5.90. The first-order valence-corrected chi connectivity index (χ1v) is 11.8. The summed E-state index contributed by atoms with van der Waals surface area (Å²) in [6.07, 6.45) is 5.83. The molecule has 1 aromatic heterocycles. The number of benzene rings is 1. The number of anilines is 1. The van der Waals surface area contributed by atoms with Crippen molar-refractivity contribution >= 4 is 11.6 Å². The van der Waals surface area contributed by atoms with E-state index in [-0.39, 0.29) is 0 Å². The number of nitrogens with zero attached hydrogens (tertiary/aromatic N) is 3. The zero-order valence-electron chi connectivity index (χ0n) is 19.6. The van der Waals surface area contributed by atoms with Gasteiger partial charge in [-0.05, 0) is 43.5 Å². The van der Waals surface area contributed by atoms with E-state index in [1.807, 2.05) is 12.1 Å². The normalized spacial score (nSPS) is 15.6. The van der Waals surface area contributed by atoms with Crippen LogP contribution in [-0.4, -0.2) is 76.9 Å². The molecule has 0 radical (unpaired) electrons. The van der Waals surface area contributed by atoms with Crippen molar-refractivity contribution in [2.75, 3.05) is 64.9 Å². The summed E-state index contributed by atoms with van der Waals surface area (Å²) >= 11 is 0. The average Bonchev–Trinajstić information content (AvgIpc) is 3.35. The standard InChI is InChI=1S/C25H39N5O2/c1-29(23-8-4-3-5-9-23)16-7-14-26-25(27-15-11-24-10-6-20-32-24)28-22-12-17-30(18-13-22)19-21-31-2/h3-6,8-10,20,22H,7,11-19,21H2,1-2H3,(H2,26,27,28). The highest BCUT2D eigenvalue weighted by atomic mass is 16.5. The number of nitrogens with one attached hydrogen (secondary N) is 2. The van der Waals surface area contributed by atoms with E-state index in [1.54, 1.807) is 13.4 Å². The van der Waals surface area contributed by atoms with Crippen LogP contribution in [0.25, 0.3) is 0 Å². The summed E-state index contributed by atoms with van der Waals surface area (Å²) in [5.41, 5.74) is 1.24. The van der Waals surface area contributed by atoms with Crippen molar-refractivity contribution in [3.05, 3.63) is 54.5 Å². The smallest absolute Gasteiger partial charge is 0.191 e. The molecule has 2 aromatic rings. The van der Waals surface area contributed by atoms with Crippen LogP contribution in [0.1, 0.15) is 25.0 Å².